The second-order valence-corrected chi connectivity index (χ2v) is 8.61. The van der Waals surface area contributed by atoms with Crippen molar-refractivity contribution in [1.82, 2.24) is 5.32 Å². The average Bonchev–Trinajstić information content (AvgIpc) is 3.33. The summed E-state index contributed by atoms with van der Waals surface area (Å²) < 4.78 is 5.14. The first-order valence-electron chi connectivity index (χ1n) is 8.82. The maximum absolute atomic E-state index is 11.4. The van der Waals surface area contributed by atoms with E-state index in [2.05, 4.69) is 23.5 Å². The van der Waals surface area contributed by atoms with Gasteiger partial charge in [0.2, 0.25) is 0 Å². The Morgan fingerprint density at radius 2 is 2.16 bits per heavy atom. The highest BCUT2D eigenvalue weighted by Crippen LogP contribution is 2.45. The van der Waals surface area contributed by atoms with Gasteiger partial charge < -0.3 is 10.1 Å². The lowest BCUT2D eigenvalue weighted by atomic mass is 9.85. The minimum Gasteiger partial charge on any atom is -0.447 e. The fraction of sp³-hybridized carbons (Fsp3) is 0.400. The maximum Gasteiger partial charge on any atom is 0.407 e. The molecule has 2 fully saturated rings. The molecule has 1 aromatic carbocycles. The van der Waals surface area contributed by atoms with Crippen molar-refractivity contribution in [1.29, 1.82) is 0 Å². The largest absolute Gasteiger partial charge is 0.447 e. The molecule has 3 aliphatic rings. The molecule has 4 nitrogen and oxygen atoms in total. The quantitative estimate of drug-likeness (QED) is 0.828. The van der Waals surface area contributed by atoms with Crippen LogP contribution in [0, 0.1) is 0 Å². The summed E-state index contributed by atoms with van der Waals surface area (Å²) in [5.74, 6) is 0.474. The van der Waals surface area contributed by atoms with Crippen molar-refractivity contribution >= 4 is 23.7 Å². The van der Waals surface area contributed by atoms with E-state index in [1.165, 1.54) is 27.1 Å². The number of aldehydes is 1. The summed E-state index contributed by atoms with van der Waals surface area (Å²) in [5, 5.41) is 3.02. The SMILES string of the molecule is O=Cc1cc2c(s1)CCc1cc([C@H]3CC[C@]4(COC(=O)N4)C3)ccc1-2. The highest BCUT2D eigenvalue weighted by Gasteiger charge is 2.46. The van der Waals surface area contributed by atoms with E-state index in [-0.39, 0.29) is 11.6 Å². The lowest BCUT2D eigenvalue weighted by molar-refractivity contribution is 0.112. The van der Waals surface area contributed by atoms with Crippen LogP contribution in [0.5, 0.6) is 0 Å². The Bertz CT molecular complexity index is 887. The monoisotopic (exact) mass is 353 g/mol. The summed E-state index contributed by atoms with van der Waals surface area (Å²) >= 11 is 1.62. The Morgan fingerprint density at radius 3 is 2.96 bits per heavy atom. The molecule has 1 amide bonds. The molecule has 0 bridgehead atoms. The smallest absolute Gasteiger partial charge is 0.407 e. The van der Waals surface area contributed by atoms with E-state index in [4.69, 9.17) is 4.74 Å². The van der Waals surface area contributed by atoms with Crippen LogP contribution < -0.4 is 5.32 Å². The Labute approximate surface area is 150 Å². The number of carbonyl (C=O) groups excluding carboxylic acids is 2. The van der Waals surface area contributed by atoms with Gasteiger partial charge in [-0.2, -0.15) is 0 Å². The summed E-state index contributed by atoms with van der Waals surface area (Å²) in [6, 6.07) is 8.82. The maximum atomic E-state index is 11.4. The zero-order valence-electron chi connectivity index (χ0n) is 13.8. The number of amides is 1. The van der Waals surface area contributed by atoms with Crippen LogP contribution in [-0.4, -0.2) is 24.5 Å². The molecule has 25 heavy (non-hydrogen) atoms. The number of benzene rings is 1. The van der Waals surface area contributed by atoms with Crippen LogP contribution in [0.4, 0.5) is 4.79 Å². The van der Waals surface area contributed by atoms with Crippen LogP contribution in [0.15, 0.2) is 24.3 Å². The van der Waals surface area contributed by atoms with Crippen molar-refractivity contribution in [2.45, 2.75) is 43.6 Å². The minimum atomic E-state index is -0.276. The van der Waals surface area contributed by atoms with E-state index < -0.39 is 0 Å². The molecule has 0 radical (unpaired) electrons. The number of aryl methyl sites for hydroxylation is 2. The van der Waals surface area contributed by atoms with Crippen LogP contribution in [0.25, 0.3) is 11.1 Å². The van der Waals surface area contributed by atoms with Crippen molar-refractivity contribution in [2.75, 3.05) is 6.61 Å². The number of hydrogen-bond donors (Lipinski definition) is 1. The molecule has 1 N–H and O–H groups in total. The lowest BCUT2D eigenvalue weighted by Gasteiger charge is -2.22. The molecule has 5 rings (SSSR count). The zero-order valence-corrected chi connectivity index (χ0v) is 14.7. The molecule has 2 atom stereocenters. The van der Waals surface area contributed by atoms with Crippen LogP contribution >= 0.6 is 11.3 Å². The Kier molecular flexibility index (Phi) is 3.29. The van der Waals surface area contributed by atoms with Gasteiger partial charge in [-0.3, -0.25) is 4.79 Å². The van der Waals surface area contributed by atoms with Gasteiger partial charge in [0.25, 0.3) is 0 Å². The van der Waals surface area contributed by atoms with Crippen molar-refractivity contribution < 1.29 is 14.3 Å². The van der Waals surface area contributed by atoms with Gasteiger partial charge in [-0.05, 0) is 66.3 Å². The number of alkyl carbamates (subject to hydrolysis) is 1. The molecule has 2 aliphatic carbocycles. The van der Waals surface area contributed by atoms with Gasteiger partial charge >= 0.3 is 6.09 Å². The minimum absolute atomic E-state index is 0.156. The van der Waals surface area contributed by atoms with Gasteiger partial charge in [-0.15, -0.1) is 11.3 Å². The number of rotatable bonds is 2. The number of carbonyl (C=O) groups is 2. The molecule has 5 heteroatoms. The molecule has 2 heterocycles. The first-order chi connectivity index (χ1) is 12.2. The Morgan fingerprint density at radius 1 is 1.24 bits per heavy atom. The van der Waals surface area contributed by atoms with Gasteiger partial charge in [0.15, 0.2) is 6.29 Å². The van der Waals surface area contributed by atoms with Crippen LogP contribution in [-0.2, 0) is 17.6 Å². The molecule has 1 saturated heterocycles. The van der Waals surface area contributed by atoms with Crippen molar-refractivity contribution in [3.8, 4) is 11.1 Å². The third-order valence-corrected chi connectivity index (χ3v) is 7.03. The van der Waals surface area contributed by atoms with E-state index in [0.29, 0.717) is 12.5 Å². The van der Waals surface area contributed by atoms with E-state index in [1.807, 2.05) is 6.07 Å². The molecular weight excluding hydrogens is 334 g/mol. The molecule has 1 saturated carbocycles. The molecule has 128 valence electrons. The first kappa shape index (κ1) is 15.1. The normalized spacial score (nSPS) is 26.9. The van der Waals surface area contributed by atoms with Crippen LogP contribution in [0.1, 0.15) is 50.9 Å². The van der Waals surface area contributed by atoms with Gasteiger partial charge in [-0.1, -0.05) is 18.2 Å². The number of ether oxygens (including phenoxy) is 1. The van der Waals surface area contributed by atoms with E-state index in [0.717, 1.165) is 43.3 Å². The first-order valence-corrected chi connectivity index (χ1v) is 9.63. The van der Waals surface area contributed by atoms with Crippen LogP contribution in [0.2, 0.25) is 0 Å². The molecule has 2 aromatic rings. The van der Waals surface area contributed by atoms with E-state index >= 15 is 0 Å². The number of cyclic esters (lactones) is 1. The molecule has 1 aliphatic heterocycles. The fourth-order valence-electron chi connectivity index (χ4n) is 4.65. The Balaban J connectivity index is 1.44. The van der Waals surface area contributed by atoms with Crippen LogP contribution in [0.3, 0.4) is 0 Å². The second kappa shape index (κ2) is 5.43. The topological polar surface area (TPSA) is 55.4 Å². The predicted molar refractivity (Wildman–Crippen MR) is 96.4 cm³/mol. The summed E-state index contributed by atoms with van der Waals surface area (Å²) in [6.45, 7) is 0.500. The Hall–Kier alpha value is -2.14. The summed E-state index contributed by atoms with van der Waals surface area (Å²) in [7, 11) is 0. The van der Waals surface area contributed by atoms with Gasteiger partial charge in [0.05, 0.1) is 10.4 Å². The number of fused-ring (bicyclic) bond motifs is 3. The molecule has 0 unspecified atom stereocenters. The van der Waals surface area contributed by atoms with E-state index in [9.17, 15) is 9.59 Å². The van der Waals surface area contributed by atoms with Crippen molar-refractivity contribution in [3.05, 3.63) is 45.1 Å². The van der Waals surface area contributed by atoms with Crippen molar-refractivity contribution in [2.24, 2.45) is 0 Å². The van der Waals surface area contributed by atoms with Crippen molar-refractivity contribution in [3.63, 3.8) is 0 Å². The second-order valence-electron chi connectivity index (χ2n) is 7.44. The molecule has 1 spiro atoms. The summed E-state index contributed by atoms with van der Waals surface area (Å²) in [5.41, 5.74) is 5.11. The third kappa shape index (κ3) is 2.41. The zero-order chi connectivity index (χ0) is 17.0. The van der Waals surface area contributed by atoms with Gasteiger partial charge in [0.1, 0.15) is 6.61 Å². The summed E-state index contributed by atoms with van der Waals surface area (Å²) in [6.07, 6.45) is 5.75. The summed E-state index contributed by atoms with van der Waals surface area (Å²) in [4.78, 5) is 24.6. The van der Waals surface area contributed by atoms with Gasteiger partial charge in [-0.25, -0.2) is 4.79 Å². The number of nitrogens with one attached hydrogen (secondary N) is 1. The fourth-order valence-corrected chi connectivity index (χ4v) is 5.65. The molecular formula is C20H19NO3S. The average molecular weight is 353 g/mol. The lowest BCUT2D eigenvalue weighted by Crippen LogP contribution is -2.40. The number of hydrogen-bond acceptors (Lipinski definition) is 4. The highest BCUT2D eigenvalue weighted by molar-refractivity contribution is 7.14. The standard InChI is InChI=1S/C20H19NO3S/c22-10-15-8-17-16-3-1-12(7-13(16)2-4-18(17)25-15)14-5-6-20(9-14)11-24-19(23)21-20/h1,3,7-8,10,14H,2,4-6,9,11H2,(H,21,23)/t14-,20+/m0/s1. The highest BCUT2D eigenvalue weighted by atomic mass is 32.1. The van der Waals surface area contributed by atoms with Gasteiger partial charge in [0, 0.05) is 4.88 Å². The predicted octanol–water partition coefficient (Wildman–Crippen LogP) is 4.07. The van der Waals surface area contributed by atoms with E-state index in [1.54, 1.807) is 11.3 Å². The third-order valence-electron chi connectivity index (χ3n) is 5.91. The number of thiophene rings is 1. The molecule has 1 aromatic heterocycles.